The van der Waals surface area contributed by atoms with E-state index in [1.165, 1.54) is 19.2 Å². The van der Waals surface area contributed by atoms with Crippen LogP contribution in [0.1, 0.15) is 68.4 Å². The molecule has 10 nitrogen and oxygen atoms in total. The summed E-state index contributed by atoms with van der Waals surface area (Å²) >= 11 is 6.19. The molecule has 13 heteroatoms. The van der Waals surface area contributed by atoms with Gasteiger partial charge in [-0.3, -0.25) is 10.1 Å². The smallest absolute Gasteiger partial charge is 0.242 e. The number of hydrogen-bond donors (Lipinski definition) is 4. The molecule has 2 aromatic rings. The lowest BCUT2D eigenvalue weighted by atomic mass is 9.85. The zero-order valence-electron chi connectivity index (χ0n) is 26.3. The van der Waals surface area contributed by atoms with E-state index in [1.54, 1.807) is 22.5 Å². The van der Waals surface area contributed by atoms with Gasteiger partial charge < -0.3 is 25.2 Å². The van der Waals surface area contributed by atoms with Gasteiger partial charge in [-0.2, -0.15) is 4.31 Å². The fourth-order valence-electron chi connectivity index (χ4n) is 6.93. The van der Waals surface area contributed by atoms with E-state index < -0.39 is 40.1 Å². The Kier molecular flexibility index (Phi) is 12.5. The molecule has 3 aliphatic rings. The average molecular weight is 681 g/mol. The van der Waals surface area contributed by atoms with E-state index in [0.717, 1.165) is 31.2 Å². The van der Waals surface area contributed by atoms with Crippen molar-refractivity contribution in [3.05, 3.63) is 64.4 Å². The molecular weight excluding hydrogens is 635 g/mol. The lowest BCUT2D eigenvalue weighted by Crippen LogP contribution is -2.57. The molecule has 3 heterocycles. The molecule has 3 aliphatic heterocycles. The number of aliphatic hydroxyl groups excluding tert-OH is 1. The third kappa shape index (κ3) is 9.04. The largest absolute Gasteiger partial charge is 0.378 e. The standard InChI is InChI=1S/C33H46ClFN4O6S/c1-44-33(41)38-31(27(22-10-12-23(34)13-11-22)17-15-26-7-2-3-18-45-26)32(40)37-30-9-4-8-29(35)28(30)16-14-25-20-36-24-6-5-19-46(42,43)39(25)21-24/h4,8-13,24-27,31,33,36,38,41H,2-3,5-7,14-21H2,1H3,(H,37,40)/t24?,25?,26?,27-,31+,33?/m1/s1. The second-order valence-corrected chi connectivity index (χ2v) is 15.0. The highest BCUT2D eigenvalue weighted by Gasteiger charge is 2.38. The van der Waals surface area contributed by atoms with Gasteiger partial charge in [-0.15, -0.1) is 0 Å². The zero-order chi connectivity index (χ0) is 32.7. The third-order valence-electron chi connectivity index (χ3n) is 9.47. The predicted molar refractivity (Wildman–Crippen MR) is 176 cm³/mol. The number of ether oxygens (including phenoxy) is 2. The molecule has 0 aromatic heterocycles. The summed E-state index contributed by atoms with van der Waals surface area (Å²) < 4.78 is 54.0. The topological polar surface area (TPSA) is 129 Å². The molecule has 3 fully saturated rings. The van der Waals surface area contributed by atoms with Crippen molar-refractivity contribution < 1.29 is 32.2 Å². The van der Waals surface area contributed by atoms with Gasteiger partial charge in [0.25, 0.3) is 0 Å². The summed E-state index contributed by atoms with van der Waals surface area (Å²) in [6.07, 6.45) is 5.04. The molecule has 0 spiro atoms. The third-order valence-corrected chi connectivity index (χ3v) is 11.7. The summed E-state index contributed by atoms with van der Waals surface area (Å²) in [5.41, 5.74) is 1.45. The number of sulfonamides is 1. The Morgan fingerprint density at radius 1 is 1.17 bits per heavy atom. The second kappa shape index (κ2) is 16.3. The summed E-state index contributed by atoms with van der Waals surface area (Å²) in [4.78, 5) is 14.1. The average Bonchev–Trinajstić information content (AvgIpc) is 3.16. The Bertz CT molecular complexity index is 1410. The zero-order valence-corrected chi connectivity index (χ0v) is 27.9. The summed E-state index contributed by atoms with van der Waals surface area (Å²) in [6, 6.07) is 10.6. The summed E-state index contributed by atoms with van der Waals surface area (Å²) in [5, 5.41) is 20.3. The molecule has 0 saturated carbocycles. The summed E-state index contributed by atoms with van der Waals surface area (Å²) in [5.74, 6) is -1.24. The highest BCUT2D eigenvalue weighted by molar-refractivity contribution is 7.89. The van der Waals surface area contributed by atoms with Crippen LogP contribution in [0.15, 0.2) is 42.5 Å². The second-order valence-electron chi connectivity index (χ2n) is 12.5. The normalized spacial score (nSPS) is 26.4. The van der Waals surface area contributed by atoms with Crippen LogP contribution >= 0.6 is 11.6 Å². The van der Waals surface area contributed by atoms with Crippen LogP contribution in [-0.4, -0.2) is 86.9 Å². The SMILES string of the molecule is COC(O)N[C@H](C(=O)Nc1cccc(F)c1CCC1CNC2CCCS(=O)(=O)N1C2)[C@H](CCC1CCCCO1)c1ccc(Cl)cc1. The first kappa shape index (κ1) is 35.2. The van der Waals surface area contributed by atoms with Crippen molar-refractivity contribution >= 4 is 33.2 Å². The molecule has 254 valence electrons. The molecule has 0 radical (unpaired) electrons. The Balaban J connectivity index is 1.37. The number of benzene rings is 2. The minimum absolute atomic E-state index is 0.0759. The number of carbonyl (C=O) groups excluding carboxylic acids is 1. The van der Waals surface area contributed by atoms with E-state index in [4.69, 9.17) is 21.1 Å². The Labute approximate surface area is 276 Å². The van der Waals surface area contributed by atoms with Crippen LogP contribution in [0.3, 0.4) is 0 Å². The van der Waals surface area contributed by atoms with Crippen LogP contribution in [0.5, 0.6) is 0 Å². The van der Waals surface area contributed by atoms with E-state index in [9.17, 15) is 18.3 Å². The number of anilines is 1. The number of fused-ring (bicyclic) bond motifs is 2. The molecule has 7 atom stereocenters. The lowest BCUT2D eigenvalue weighted by molar-refractivity contribution is -0.130. The van der Waals surface area contributed by atoms with Gasteiger partial charge >= 0.3 is 0 Å². The minimum atomic E-state index is -3.39. The molecule has 46 heavy (non-hydrogen) atoms. The summed E-state index contributed by atoms with van der Waals surface area (Å²) in [6.45, 7) is 1.62. The highest BCUT2D eigenvalue weighted by Crippen LogP contribution is 2.32. The molecular formula is C33H46ClFN4O6S. The van der Waals surface area contributed by atoms with Crippen molar-refractivity contribution in [3.63, 3.8) is 0 Å². The fraction of sp³-hybridized carbons (Fsp3) is 0.606. The first-order chi connectivity index (χ1) is 22.1. The van der Waals surface area contributed by atoms with E-state index in [-0.39, 0.29) is 30.4 Å². The first-order valence-electron chi connectivity index (χ1n) is 16.3. The minimum Gasteiger partial charge on any atom is -0.378 e. The van der Waals surface area contributed by atoms with Crippen LogP contribution in [0, 0.1) is 5.82 Å². The number of amides is 1. The monoisotopic (exact) mass is 680 g/mol. The van der Waals surface area contributed by atoms with Crippen molar-refractivity contribution in [1.82, 2.24) is 14.9 Å². The molecule has 0 aliphatic carbocycles. The number of hydrogen-bond acceptors (Lipinski definition) is 8. The Hall–Kier alpha value is -2.16. The molecule has 2 aromatic carbocycles. The molecule has 5 rings (SSSR count). The fourth-order valence-corrected chi connectivity index (χ4v) is 8.86. The van der Waals surface area contributed by atoms with E-state index >= 15 is 4.39 Å². The first-order valence-corrected chi connectivity index (χ1v) is 18.3. The number of aliphatic hydroxyl groups is 1. The van der Waals surface area contributed by atoms with Crippen LogP contribution in [0.2, 0.25) is 5.02 Å². The number of rotatable bonds is 13. The van der Waals surface area contributed by atoms with E-state index in [1.807, 2.05) is 12.1 Å². The van der Waals surface area contributed by atoms with Crippen molar-refractivity contribution in [2.45, 2.75) is 94.3 Å². The van der Waals surface area contributed by atoms with Crippen LogP contribution in [0.4, 0.5) is 10.1 Å². The van der Waals surface area contributed by atoms with Crippen LogP contribution < -0.4 is 16.0 Å². The molecule has 5 unspecified atom stereocenters. The number of nitrogens with zero attached hydrogens (tertiary/aromatic N) is 1. The molecule has 1 amide bonds. The number of methoxy groups -OCH3 is 1. The highest BCUT2D eigenvalue weighted by atomic mass is 35.5. The molecule has 3 saturated heterocycles. The van der Waals surface area contributed by atoms with Gasteiger partial charge in [0, 0.05) is 61.1 Å². The summed E-state index contributed by atoms with van der Waals surface area (Å²) in [7, 11) is -2.06. The van der Waals surface area contributed by atoms with E-state index in [2.05, 4.69) is 16.0 Å². The predicted octanol–water partition coefficient (Wildman–Crippen LogP) is 4.13. The lowest BCUT2D eigenvalue weighted by Gasteiger charge is -2.37. The Morgan fingerprint density at radius 2 is 1.98 bits per heavy atom. The van der Waals surface area contributed by atoms with Crippen LogP contribution in [0.25, 0.3) is 0 Å². The van der Waals surface area contributed by atoms with Gasteiger partial charge in [0.2, 0.25) is 22.3 Å². The van der Waals surface area contributed by atoms with E-state index in [0.29, 0.717) is 61.7 Å². The quantitative estimate of drug-likeness (QED) is 0.233. The van der Waals surface area contributed by atoms with Crippen LogP contribution in [-0.2, 0) is 30.7 Å². The van der Waals surface area contributed by atoms with Crippen molar-refractivity contribution in [2.75, 3.05) is 37.9 Å². The molecule has 4 N–H and O–H groups in total. The van der Waals surface area contributed by atoms with Gasteiger partial charge in [0.15, 0.2) is 0 Å². The number of carbonyl (C=O) groups is 1. The van der Waals surface area contributed by atoms with Gasteiger partial charge in [0.05, 0.1) is 17.9 Å². The van der Waals surface area contributed by atoms with Gasteiger partial charge in [-0.1, -0.05) is 29.8 Å². The Morgan fingerprint density at radius 3 is 2.72 bits per heavy atom. The number of piperazine rings is 1. The van der Waals surface area contributed by atoms with Crippen molar-refractivity contribution in [1.29, 1.82) is 0 Å². The van der Waals surface area contributed by atoms with Gasteiger partial charge in [-0.05, 0) is 87.6 Å². The van der Waals surface area contributed by atoms with Gasteiger partial charge in [0.1, 0.15) is 5.82 Å². The van der Waals surface area contributed by atoms with Crippen molar-refractivity contribution in [2.24, 2.45) is 0 Å². The molecule has 2 bridgehead atoms. The maximum atomic E-state index is 15.4. The number of nitrogens with one attached hydrogen (secondary N) is 3. The maximum Gasteiger partial charge on any atom is 0.242 e. The maximum absolute atomic E-state index is 15.4. The van der Waals surface area contributed by atoms with Gasteiger partial charge in [-0.25, -0.2) is 12.8 Å². The van der Waals surface area contributed by atoms with Crippen molar-refractivity contribution in [3.8, 4) is 0 Å². The number of halogens is 2.